The number of hydrogen-bond acceptors (Lipinski definition) is 16. The number of hydrogen-bond donors (Lipinski definition) is 3. The summed E-state index contributed by atoms with van der Waals surface area (Å²) >= 11 is 0. The van der Waals surface area contributed by atoms with Crippen molar-refractivity contribution in [3.8, 4) is 0 Å². The highest BCUT2D eigenvalue weighted by molar-refractivity contribution is 5.72. The Morgan fingerprint density at radius 3 is 2.30 bits per heavy atom. The van der Waals surface area contributed by atoms with Crippen LogP contribution >= 0.6 is 0 Å². The molecule has 2 saturated heterocycles. The van der Waals surface area contributed by atoms with Gasteiger partial charge in [0.15, 0.2) is 12.6 Å². The Bertz CT molecular complexity index is 1340. The Labute approximate surface area is 330 Å². The first kappa shape index (κ1) is 47.6. The molecule has 0 aromatic rings. The van der Waals surface area contributed by atoms with E-state index in [9.17, 15) is 34.5 Å². The van der Waals surface area contributed by atoms with Crippen LogP contribution in [0.3, 0.4) is 0 Å². The van der Waals surface area contributed by atoms with Gasteiger partial charge in [-0.1, -0.05) is 32.1 Å². The van der Waals surface area contributed by atoms with Crippen molar-refractivity contribution in [1.82, 2.24) is 4.90 Å². The third-order valence-corrected chi connectivity index (χ3v) is 10.7. The molecule has 3 heterocycles. The minimum Gasteiger partial charge on any atom is -0.462 e. The zero-order chi connectivity index (χ0) is 41.9. The highest BCUT2D eigenvalue weighted by atomic mass is 16.7. The lowest BCUT2D eigenvalue weighted by atomic mass is 9.82. The molecular formula is C40H65NO15. The van der Waals surface area contributed by atoms with Crippen molar-refractivity contribution in [1.29, 1.82) is 0 Å². The van der Waals surface area contributed by atoms with Gasteiger partial charge in [-0.15, -0.1) is 0 Å². The van der Waals surface area contributed by atoms with Crippen LogP contribution in [0.5, 0.6) is 0 Å². The molecule has 0 aliphatic carbocycles. The number of carbonyl (C=O) groups is 4. The topological polar surface area (TPSA) is 206 Å². The molecule has 0 aromatic carbocycles. The summed E-state index contributed by atoms with van der Waals surface area (Å²) in [6.07, 6.45) is -4.18. The smallest absolute Gasteiger partial charge is 0.309 e. The van der Waals surface area contributed by atoms with Gasteiger partial charge in [0, 0.05) is 39.7 Å². The van der Waals surface area contributed by atoms with Crippen LogP contribution in [-0.4, -0.2) is 151 Å². The number of likely N-dealkylation sites (N-methyl/N-ethyl adjacent to an activating group) is 1. The second-order valence-corrected chi connectivity index (χ2v) is 15.7. The average molecular weight is 800 g/mol. The molecule has 0 unspecified atom stereocenters. The number of methoxy groups -OCH3 is 1. The Hall–Kier alpha value is -2.80. The van der Waals surface area contributed by atoms with Crippen LogP contribution in [0.15, 0.2) is 24.3 Å². The zero-order valence-electron chi connectivity index (χ0n) is 34.5. The van der Waals surface area contributed by atoms with Crippen LogP contribution in [-0.2, 0) is 57.1 Å². The number of allylic oxidation sites excluding steroid dienone is 2. The Morgan fingerprint density at radius 1 is 1.02 bits per heavy atom. The highest BCUT2D eigenvalue weighted by Crippen LogP contribution is 2.37. The predicted molar refractivity (Wildman–Crippen MR) is 201 cm³/mol. The molecule has 0 aromatic heterocycles. The lowest BCUT2D eigenvalue weighted by Crippen LogP contribution is -2.65. The molecular weight excluding hydrogens is 734 g/mol. The van der Waals surface area contributed by atoms with E-state index in [2.05, 4.69) is 0 Å². The normalized spacial score (nSPS) is 41.6. The number of aldehydes is 1. The van der Waals surface area contributed by atoms with Crippen molar-refractivity contribution >= 4 is 24.2 Å². The second kappa shape index (κ2) is 21.8. The summed E-state index contributed by atoms with van der Waals surface area (Å²) in [4.78, 5) is 52.5. The monoisotopic (exact) mass is 799 g/mol. The molecule has 0 spiro atoms. The molecule has 0 bridgehead atoms. The van der Waals surface area contributed by atoms with E-state index in [1.54, 1.807) is 64.9 Å². The summed E-state index contributed by atoms with van der Waals surface area (Å²) in [5.41, 5.74) is -1.49. The van der Waals surface area contributed by atoms with E-state index >= 15 is 0 Å². The minimum absolute atomic E-state index is 0.00828. The Balaban J connectivity index is 2.09. The summed E-state index contributed by atoms with van der Waals surface area (Å²) in [5.74, 6) is -2.88. The van der Waals surface area contributed by atoms with E-state index < -0.39 is 116 Å². The molecule has 3 rings (SSSR count). The molecule has 3 aliphatic heterocycles. The van der Waals surface area contributed by atoms with Gasteiger partial charge < -0.3 is 62.9 Å². The van der Waals surface area contributed by atoms with Crippen LogP contribution in [0.1, 0.15) is 87.0 Å². The number of ether oxygens (including phenoxy) is 8. The van der Waals surface area contributed by atoms with Gasteiger partial charge in [0.1, 0.15) is 49.0 Å². The fourth-order valence-corrected chi connectivity index (χ4v) is 7.72. The number of aliphatic hydroxyl groups excluding tert-OH is 2. The fraction of sp³-hybridized carbons (Fsp3) is 0.800. The van der Waals surface area contributed by atoms with Crippen molar-refractivity contribution in [2.45, 2.75) is 172 Å². The maximum atomic E-state index is 13.3. The summed E-state index contributed by atoms with van der Waals surface area (Å²) < 4.78 is 48.5. The lowest BCUT2D eigenvalue weighted by molar-refractivity contribution is -0.344. The van der Waals surface area contributed by atoms with Crippen molar-refractivity contribution in [3.63, 3.8) is 0 Å². The SMILES string of the molecule is CCC(=O)O[C@@H]1CC(=O)O[C@H](C)C/C=C/C=C/[C@H](OC(C)=O)[C@H](C)C[C@H](CC=O)[C@H](O[C@@H]2O[C@H](C)[C@@H](O[C@H]3C[C@@](C)(O)[C@@H](O)[C@H](C)O3)[C@H](N(C)C)[C@H]2O)[C@H]1OC. The first-order chi connectivity index (χ1) is 26.3. The van der Waals surface area contributed by atoms with Crippen LogP contribution in [0, 0.1) is 11.8 Å². The van der Waals surface area contributed by atoms with E-state index in [0.717, 1.165) is 0 Å². The maximum Gasteiger partial charge on any atom is 0.309 e. The number of esters is 3. The number of carbonyl (C=O) groups excluding carboxylic acids is 4. The maximum absolute atomic E-state index is 13.3. The molecule has 0 radical (unpaired) electrons. The highest BCUT2D eigenvalue weighted by Gasteiger charge is 2.52. The van der Waals surface area contributed by atoms with E-state index in [1.165, 1.54) is 21.0 Å². The number of aliphatic hydroxyl groups is 3. The largest absolute Gasteiger partial charge is 0.462 e. The van der Waals surface area contributed by atoms with E-state index in [-0.39, 0.29) is 31.6 Å². The van der Waals surface area contributed by atoms with Crippen LogP contribution in [0.4, 0.5) is 0 Å². The van der Waals surface area contributed by atoms with E-state index in [4.69, 9.17) is 37.9 Å². The summed E-state index contributed by atoms with van der Waals surface area (Å²) in [7, 11) is 4.85. The first-order valence-electron chi connectivity index (χ1n) is 19.6. The van der Waals surface area contributed by atoms with Gasteiger partial charge in [0.2, 0.25) is 0 Å². The summed E-state index contributed by atoms with van der Waals surface area (Å²) in [6.45, 7) is 11.4. The molecule has 16 atom stereocenters. The van der Waals surface area contributed by atoms with Gasteiger partial charge in [0.05, 0.1) is 36.4 Å². The third-order valence-electron chi connectivity index (χ3n) is 10.7. The standard InChI is InChI=1S/C40H65NO15/c1-11-30(44)54-29-20-31(45)50-23(3)15-13-12-14-16-28(53-26(6)43)22(2)19-27(17-18-42)36(37(29)49-10)56-39-34(46)33(41(8)9)35(24(4)52-39)55-32-21-40(7,48)38(47)25(5)51-32/h12-14,16,18,22-25,27-29,32-39,46-48H,11,15,17,19-21H2,1-10H3/b13-12+,16-14+/t22-,23-,24-,25+,27+,28+,29-,32+,33-,34-,35-,36+,37+,38+,39+,40-/m1/s1. The molecule has 0 amide bonds. The minimum atomic E-state index is -1.49. The van der Waals surface area contributed by atoms with E-state index in [1.807, 2.05) is 13.0 Å². The molecule has 2 fully saturated rings. The van der Waals surface area contributed by atoms with Gasteiger partial charge in [-0.2, -0.15) is 0 Å². The third kappa shape index (κ3) is 13.1. The second-order valence-electron chi connectivity index (χ2n) is 15.7. The molecule has 3 aliphatic rings. The van der Waals surface area contributed by atoms with Crippen LogP contribution in [0.2, 0.25) is 0 Å². The zero-order valence-corrected chi connectivity index (χ0v) is 34.5. The molecule has 3 N–H and O–H groups in total. The fourth-order valence-electron chi connectivity index (χ4n) is 7.72. The quantitative estimate of drug-likeness (QED) is 0.156. The number of nitrogens with zero attached hydrogens (tertiary/aromatic N) is 1. The van der Waals surface area contributed by atoms with Crippen LogP contribution in [0.25, 0.3) is 0 Å². The predicted octanol–water partition coefficient (Wildman–Crippen LogP) is 2.38. The molecule has 16 nitrogen and oxygen atoms in total. The first-order valence-corrected chi connectivity index (χ1v) is 19.6. The lowest BCUT2D eigenvalue weighted by Gasteiger charge is -2.50. The van der Waals surface area contributed by atoms with Crippen molar-refractivity contribution < 1.29 is 72.4 Å². The number of rotatable bonds is 11. The molecule has 16 heteroatoms. The number of cyclic esters (lactones) is 1. The Kier molecular flexibility index (Phi) is 18.5. The van der Waals surface area contributed by atoms with Gasteiger partial charge in [0.25, 0.3) is 0 Å². The van der Waals surface area contributed by atoms with Gasteiger partial charge in [-0.25, -0.2) is 0 Å². The van der Waals surface area contributed by atoms with Crippen molar-refractivity contribution in [3.05, 3.63) is 24.3 Å². The average Bonchev–Trinajstić information content (AvgIpc) is 3.10. The molecule has 56 heavy (non-hydrogen) atoms. The van der Waals surface area contributed by atoms with Gasteiger partial charge in [-0.05, 0) is 66.1 Å². The summed E-state index contributed by atoms with van der Waals surface area (Å²) in [6, 6.07) is -0.771. The molecule has 320 valence electrons. The van der Waals surface area contributed by atoms with Gasteiger partial charge in [-0.3, -0.25) is 14.4 Å². The van der Waals surface area contributed by atoms with Crippen LogP contribution < -0.4 is 0 Å². The molecule has 0 saturated carbocycles. The van der Waals surface area contributed by atoms with E-state index in [0.29, 0.717) is 12.7 Å². The summed E-state index contributed by atoms with van der Waals surface area (Å²) in [5, 5.41) is 33.3. The van der Waals surface area contributed by atoms with Gasteiger partial charge >= 0.3 is 17.9 Å². The van der Waals surface area contributed by atoms with Crippen molar-refractivity contribution in [2.75, 3.05) is 21.2 Å². The van der Waals surface area contributed by atoms with Crippen molar-refractivity contribution in [2.24, 2.45) is 11.8 Å². The Morgan fingerprint density at radius 2 is 1.71 bits per heavy atom.